The number of likely N-dealkylation sites (N-methyl/N-ethyl adjacent to an activating group) is 1. The summed E-state index contributed by atoms with van der Waals surface area (Å²) in [6.07, 6.45) is 1.73. The number of nitrogens with zero attached hydrogens (tertiary/aromatic N) is 6. The lowest BCUT2D eigenvalue weighted by Gasteiger charge is -2.51. The number of aromatic nitrogens is 3. The van der Waals surface area contributed by atoms with Gasteiger partial charge in [-0.1, -0.05) is 23.7 Å². The molecule has 5 heterocycles. The molecule has 1 saturated heterocycles. The number of rotatable bonds is 3. The number of pyridine rings is 1. The van der Waals surface area contributed by atoms with Gasteiger partial charge < -0.3 is 24.8 Å². The van der Waals surface area contributed by atoms with E-state index in [1.54, 1.807) is 10.9 Å². The van der Waals surface area contributed by atoms with Crippen LogP contribution in [-0.2, 0) is 7.05 Å². The first kappa shape index (κ1) is 24.9. The third-order valence-electron chi connectivity index (χ3n) is 8.37. The third kappa shape index (κ3) is 3.77. The van der Waals surface area contributed by atoms with Gasteiger partial charge in [0.05, 0.1) is 35.0 Å². The summed E-state index contributed by atoms with van der Waals surface area (Å²) < 4.78 is 25.2. The Morgan fingerprint density at radius 2 is 2.00 bits per heavy atom. The van der Waals surface area contributed by atoms with Gasteiger partial charge in [-0.05, 0) is 39.6 Å². The summed E-state index contributed by atoms with van der Waals surface area (Å²) in [5, 5.41) is 10.1. The summed E-state index contributed by atoms with van der Waals surface area (Å²) in [5.41, 5.74) is 5.09. The Hall–Kier alpha value is -3.14. The van der Waals surface area contributed by atoms with Crippen LogP contribution in [0.4, 0.5) is 15.8 Å². The van der Waals surface area contributed by atoms with Crippen LogP contribution in [0.25, 0.3) is 32.9 Å². The third-order valence-corrected chi connectivity index (χ3v) is 8.67. The van der Waals surface area contributed by atoms with E-state index in [4.69, 9.17) is 21.3 Å². The number of aryl methyl sites for hydroxylation is 2. The molecule has 0 spiro atoms. The molecule has 2 aromatic heterocycles. The van der Waals surface area contributed by atoms with Crippen LogP contribution in [-0.4, -0.2) is 84.7 Å². The summed E-state index contributed by atoms with van der Waals surface area (Å²) >= 11 is 7.01. The van der Waals surface area contributed by atoms with Crippen LogP contribution in [0.3, 0.4) is 0 Å². The molecule has 7 rings (SSSR count). The summed E-state index contributed by atoms with van der Waals surface area (Å²) in [4.78, 5) is 11.8. The Morgan fingerprint density at radius 3 is 2.79 bits per heavy atom. The van der Waals surface area contributed by atoms with Crippen LogP contribution in [0.15, 0.2) is 24.4 Å². The fourth-order valence-corrected chi connectivity index (χ4v) is 6.99. The monoisotopic (exact) mass is 549 g/mol. The Labute approximate surface area is 232 Å². The van der Waals surface area contributed by atoms with E-state index < -0.39 is 5.82 Å². The van der Waals surface area contributed by atoms with Crippen LogP contribution in [0.1, 0.15) is 12.5 Å². The highest BCUT2D eigenvalue weighted by Gasteiger charge is 2.42. The predicted octanol–water partition coefficient (Wildman–Crippen LogP) is 4.20. The van der Waals surface area contributed by atoms with Crippen LogP contribution in [0, 0.1) is 12.7 Å². The number of piperazine rings is 1. The highest BCUT2D eigenvalue weighted by molar-refractivity contribution is 6.35. The smallest absolute Gasteiger partial charge is 0.240 e. The molecule has 3 aliphatic rings. The molecule has 1 N–H and O–H groups in total. The Kier molecular flexibility index (Phi) is 5.70. The summed E-state index contributed by atoms with van der Waals surface area (Å²) in [6, 6.07) is 6.47. The van der Waals surface area contributed by atoms with Gasteiger partial charge in [0, 0.05) is 61.2 Å². The number of hydrogen-bond acceptors (Lipinski definition) is 7. The van der Waals surface area contributed by atoms with Gasteiger partial charge in [0.25, 0.3) is 0 Å². The van der Waals surface area contributed by atoms with E-state index in [0.29, 0.717) is 28.0 Å². The number of anilines is 2. The van der Waals surface area contributed by atoms with Gasteiger partial charge in [0.15, 0.2) is 5.82 Å². The van der Waals surface area contributed by atoms with Crippen molar-refractivity contribution in [3.8, 4) is 17.0 Å². The number of halogens is 2. The average molecular weight is 550 g/mol. The molecule has 0 amide bonds. The standard InChI is InChI=1S/C29H33ClFN7O/c1-15-6-7-17-9-33-36(5)26(17)22(15)23-21(30)8-20-25(24(23)31)34-29-28-27(20)38-11-16(2)32-10-18(38)12-37(28)14-19(39-29)13-35(3)4/h6-9,16,18-19,32H,10-14H2,1-5H3/t16-,18-,19-/m1/s1. The van der Waals surface area contributed by atoms with Crippen molar-refractivity contribution >= 4 is 44.8 Å². The van der Waals surface area contributed by atoms with E-state index in [9.17, 15) is 0 Å². The summed E-state index contributed by atoms with van der Waals surface area (Å²) in [6.45, 7) is 8.24. The van der Waals surface area contributed by atoms with E-state index in [1.165, 1.54) is 0 Å². The molecule has 0 bridgehead atoms. The lowest BCUT2D eigenvalue weighted by molar-refractivity contribution is 0.146. The zero-order valence-corrected chi connectivity index (χ0v) is 23.7. The maximum absolute atomic E-state index is 16.9. The molecule has 4 aromatic rings. The van der Waals surface area contributed by atoms with Crippen molar-refractivity contribution in [2.75, 3.05) is 56.6 Å². The normalized spacial score (nSPS) is 22.4. The van der Waals surface area contributed by atoms with Gasteiger partial charge in [-0.3, -0.25) is 4.68 Å². The first-order valence-corrected chi connectivity index (χ1v) is 13.9. The number of ether oxygens (including phenoxy) is 1. The zero-order valence-electron chi connectivity index (χ0n) is 22.9. The molecule has 204 valence electrons. The van der Waals surface area contributed by atoms with Gasteiger partial charge >= 0.3 is 0 Å². The van der Waals surface area contributed by atoms with E-state index in [1.807, 2.05) is 46.3 Å². The van der Waals surface area contributed by atoms with Gasteiger partial charge in [0.2, 0.25) is 5.88 Å². The lowest BCUT2D eigenvalue weighted by Crippen LogP contribution is -2.63. The number of benzene rings is 2. The van der Waals surface area contributed by atoms with Crippen molar-refractivity contribution in [1.29, 1.82) is 0 Å². The summed E-state index contributed by atoms with van der Waals surface area (Å²) in [7, 11) is 5.95. The van der Waals surface area contributed by atoms with Crippen molar-refractivity contribution in [2.45, 2.75) is 32.0 Å². The van der Waals surface area contributed by atoms with Crippen LogP contribution >= 0.6 is 11.6 Å². The van der Waals surface area contributed by atoms with Gasteiger partial charge in [-0.15, -0.1) is 0 Å². The number of nitrogens with one attached hydrogen (secondary N) is 1. The zero-order chi connectivity index (χ0) is 27.2. The fraction of sp³-hybridized carbons (Fsp3) is 0.448. The molecular weight excluding hydrogens is 517 g/mol. The Morgan fingerprint density at radius 1 is 1.18 bits per heavy atom. The molecule has 10 heteroatoms. The quantitative estimate of drug-likeness (QED) is 0.411. The lowest BCUT2D eigenvalue weighted by atomic mass is 9.94. The average Bonchev–Trinajstić information content (AvgIpc) is 3.26. The minimum atomic E-state index is -0.427. The van der Waals surface area contributed by atoms with Crippen LogP contribution in [0.2, 0.25) is 5.02 Å². The topological polar surface area (TPSA) is 61.7 Å². The van der Waals surface area contributed by atoms with Crippen molar-refractivity contribution in [2.24, 2.45) is 7.05 Å². The van der Waals surface area contributed by atoms with Crippen molar-refractivity contribution in [1.82, 2.24) is 25.0 Å². The molecule has 3 atom stereocenters. The van der Waals surface area contributed by atoms with Gasteiger partial charge in [0.1, 0.15) is 17.3 Å². The van der Waals surface area contributed by atoms with E-state index >= 15 is 4.39 Å². The van der Waals surface area contributed by atoms with E-state index in [-0.39, 0.29) is 12.1 Å². The highest BCUT2D eigenvalue weighted by Crippen LogP contribution is 2.51. The second kappa shape index (κ2) is 8.94. The summed E-state index contributed by atoms with van der Waals surface area (Å²) in [5.74, 6) is 0.0754. The van der Waals surface area contributed by atoms with Gasteiger partial charge in [-0.25, -0.2) is 9.37 Å². The second-order valence-electron chi connectivity index (χ2n) is 11.5. The SMILES string of the molecule is Cc1ccc2cnn(C)c2c1-c1c(Cl)cc2c3c4c(nc2c1F)O[C@H](CN(C)C)CN4C[C@H]1CN[C@H](C)CN31. The molecule has 2 aromatic carbocycles. The molecule has 0 radical (unpaired) electrons. The molecule has 39 heavy (non-hydrogen) atoms. The Bertz CT molecular complexity index is 1640. The number of hydrogen-bond donors (Lipinski definition) is 1. The first-order chi connectivity index (χ1) is 18.7. The fourth-order valence-electron chi connectivity index (χ4n) is 6.70. The maximum Gasteiger partial charge on any atom is 0.240 e. The Balaban J connectivity index is 1.52. The minimum Gasteiger partial charge on any atom is -0.470 e. The molecular formula is C29H33ClFN7O. The second-order valence-corrected chi connectivity index (χ2v) is 12.0. The minimum absolute atomic E-state index is 0.0624. The predicted molar refractivity (Wildman–Crippen MR) is 155 cm³/mol. The molecule has 0 saturated carbocycles. The van der Waals surface area contributed by atoms with Crippen molar-refractivity contribution < 1.29 is 9.13 Å². The largest absolute Gasteiger partial charge is 0.470 e. The van der Waals surface area contributed by atoms with Crippen LogP contribution in [0.5, 0.6) is 5.88 Å². The molecule has 1 fully saturated rings. The molecule has 3 aliphatic heterocycles. The van der Waals surface area contributed by atoms with E-state index in [2.05, 4.69) is 32.0 Å². The number of fused-ring (bicyclic) bond motifs is 5. The van der Waals surface area contributed by atoms with Crippen molar-refractivity contribution in [3.05, 3.63) is 40.8 Å². The van der Waals surface area contributed by atoms with Gasteiger partial charge in [-0.2, -0.15) is 5.10 Å². The first-order valence-electron chi connectivity index (χ1n) is 13.5. The highest BCUT2D eigenvalue weighted by atomic mass is 35.5. The maximum atomic E-state index is 16.9. The van der Waals surface area contributed by atoms with Crippen molar-refractivity contribution in [3.63, 3.8) is 0 Å². The molecule has 8 nitrogen and oxygen atoms in total. The molecule has 0 aliphatic carbocycles. The van der Waals surface area contributed by atoms with Crippen LogP contribution < -0.4 is 19.9 Å². The van der Waals surface area contributed by atoms with E-state index in [0.717, 1.165) is 71.5 Å². The molecule has 0 unspecified atom stereocenters.